The van der Waals surface area contributed by atoms with Gasteiger partial charge in [0.1, 0.15) is 5.82 Å². The molecule has 2 saturated carbocycles. The van der Waals surface area contributed by atoms with Gasteiger partial charge in [-0.25, -0.2) is 9.67 Å². The minimum atomic E-state index is 0.646. The van der Waals surface area contributed by atoms with Crippen LogP contribution in [0.15, 0.2) is 30.6 Å². The summed E-state index contributed by atoms with van der Waals surface area (Å²) in [6, 6.07) is 6.83. The van der Waals surface area contributed by atoms with E-state index in [0.717, 1.165) is 34.7 Å². The Bertz CT molecular complexity index is 996. The summed E-state index contributed by atoms with van der Waals surface area (Å²) in [4.78, 5) is 9.78. The van der Waals surface area contributed by atoms with Crippen molar-refractivity contribution in [3.8, 4) is 5.95 Å². The van der Waals surface area contributed by atoms with Crippen LogP contribution < -0.4 is 5.32 Å². The normalized spacial score (nSPS) is 18.7. The Morgan fingerprint density at radius 3 is 2.47 bits per heavy atom. The second kappa shape index (κ2) is 8.75. The number of fused-ring (bicyclic) bond motifs is 1. The lowest BCUT2D eigenvalue weighted by Crippen LogP contribution is -2.18. The van der Waals surface area contributed by atoms with Crippen molar-refractivity contribution in [1.82, 2.24) is 19.7 Å². The van der Waals surface area contributed by atoms with Gasteiger partial charge in [0, 0.05) is 18.1 Å². The number of nitrogens with zero attached hydrogens (tertiary/aromatic N) is 4. The highest BCUT2D eigenvalue weighted by Gasteiger charge is 2.19. The maximum absolute atomic E-state index is 4.93. The van der Waals surface area contributed by atoms with Crippen molar-refractivity contribution in [2.24, 2.45) is 5.92 Å². The third kappa shape index (κ3) is 4.21. The topological polar surface area (TPSA) is 55.6 Å². The lowest BCUT2D eigenvalue weighted by atomic mass is 9.84. The van der Waals surface area contributed by atoms with Crippen molar-refractivity contribution in [3.63, 3.8) is 0 Å². The molecule has 1 aromatic carbocycles. The van der Waals surface area contributed by atoms with E-state index in [0.29, 0.717) is 11.9 Å². The fourth-order valence-corrected chi connectivity index (χ4v) is 5.22. The third-order valence-electron chi connectivity index (χ3n) is 6.98. The molecule has 2 heterocycles. The summed E-state index contributed by atoms with van der Waals surface area (Å²) in [5.41, 5.74) is 3.57. The van der Waals surface area contributed by atoms with E-state index in [2.05, 4.69) is 28.6 Å². The molecule has 2 aliphatic rings. The molecule has 5 nitrogen and oxygen atoms in total. The lowest BCUT2D eigenvalue weighted by molar-refractivity contribution is 0.373. The molecule has 5 heteroatoms. The Hall–Kier alpha value is -2.43. The molecule has 0 amide bonds. The highest BCUT2D eigenvalue weighted by Crippen LogP contribution is 2.35. The second-order valence-corrected chi connectivity index (χ2v) is 9.33. The molecular formula is C25H33N5. The number of aromatic nitrogens is 4. The molecule has 0 unspecified atom stereocenters. The Balaban J connectivity index is 1.50. The molecule has 0 spiro atoms. The van der Waals surface area contributed by atoms with E-state index in [9.17, 15) is 0 Å². The van der Waals surface area contributed by atoms with Crippen LogP contribution in [-0.2, 0) is 0 Å². The summed E-state index contributed by atoms with van der Waals surface area (Å²) in [7, 11) is 0. The van der Waals surface area contributed by atoms with Crippen LogP contribution in [0.25, 0.3) is 16.9 Å². The molecule has 158 valence electrons. The molecule has 0 saturated heterocycles. The van der Waals surface area contributed by atoms with E-state index < -0.39 is 0 Å². The average Bonchev–Trinajstić information content (AvgIpc) is 3.24. The summed E-state index contributed by atoms with van der Waals surface area (Å²) in [6.07, 6.45) is 17.3. The van der Waals surface area contributed by atoms with Gasteiger partial charge in [-0.2, -0.15) is 10.1 Å². The highest BCUT2D eigenvalue weighted by molar-refractivity contribution is 5.90. The molecule has 30 heavy (non-hydrogen) atoms. The maximum Gasteiger partial charge on any atom is 0.253 e. The minimum absolute atomic E-state index is 0.646. The van der Waals surface area contributed by atoms with Crippen LogP contribution in [0, 0.1) is 12.8 Å². The molecule has 2 fully saturated rings. The van der Waals surface area contributed by atoms with Gasteiger partial charge >= 0.3 is 0 Å². The zero-order chi connectivity index (χ0) is 20.3. The van der Waals surface area contributed by atoms with Gasteiger partial charge in [-0.3, -0.25) is 0 Å². The van der Waals surface area contributed by atoms with Gasteiger partial charge in [0.05, 0.1) is 11.7 Å². The molecule has 0 bridgehead atoms. The predicted molar refractivity (Wildman–Crippen MR) is 122 cm³/mol. The fourth-order valence-electron chi connectivity index (χ4n) is 5.22. The number of nitrogens with one attached hydrogen (secondary N) is 1. The van der Waals surface area contributed by atoms with Crippen LogP contribution in [0.3, 0.4) is 0 Å². The van der Waals surface area contributed by atoms with Crippen molar-refractivity contribution >= 4 is 16.7 Å². The Labute approximate surface area is 179 Å². The summed E-state index contributed by atoms with van der Waals surface area (Å²) in [6.45, 7) is 3.04. The van der Waals surface area contributed by atoms with Crippen LogP contribution in [0.5, 0.6) is 0 Å². The molecular weight excluding hydrogens is 370 g/mol. The van der Waals surface area contributed by atoms with Gasteiger partial charge in [0.2, 0.25) is 0 Å². The SMILES string of the molecule is Cc1cnn(-c2nc(NCC3CCCCC3)c3cc(C4CCCCC4)ccc3n2)c1. The second-order valence-electron chi connectivity index (χ2n) is 9.33. The Morgan fingerprint density at radius 1 is 0.967 bits per heavy atom. The Morgan fingerprint density at radius 2 is 1.73 bits per heavy atom. The number of hydrogen-bond donors (Lipinski definition) is 1. The van der Waals surface area contributed by atoms with E-state index in [1.807, 2.05) is 19.3 Å². The van der Waals surface area contributed by atoms with Crippen LogP contribution in [0.2, 0.25) is 0 Å². The van der Waals surface area contributed by atoms with Crippen LogP contribution in [0.1, 0.15) is 81.3 Å². The summed E-state index contributed by atoms with van der Waals surface area (Å²) in [5, 5.41) is 9.31. The van der Waals surface area contributed by atoms with E-state index >= 15 is 0 Å². The van der Waals surface area contributed by atoms with Crippen molar-refractivity contribution in [2.75, 3.05) is 11.9 Å². The molecule has 0 aliphatic heterocycles. The number of hydrogen-bond acceptors (Lipinski definition) is 4. The van der Waals surface area contributed by atoms with Gasteiger partial charge < -0.3 is 5.32 Å². The molecule has 3 aromatic rings. The monoisotopic (exact) mass is 403 g/mol. The number of anilines is 1. The molecule has 0 radical (unpaired) electrons. The first kappa shape index (κ1) is 19.5. The predicted octanol–water partition coefficient (Wildman–Crippen LogP) is 6.16. The largest absolute Gasteiger partial charge is 0.369 e. The summed E-state index contributed by atoms with van der Waals surface area (Å²) in [5.74, 6) is 3.04. The van der Waals surface area contributed by atoms with Crippen LogP contribution in [0.4, 0.5) is 5.82 Å². The van der Waals surface area contributed by atoms with E-state index in [1.165, 1.54) is 69.8 Å². The van der Waals surface area contributed by atoms with E-state index in [4.69, 9.17) is 9.97 Å². The standard InChI is InChI=1S/C25H33N5/c1-18-15-27-30(17-18)25-28-23-13-12-21(20-10-6-3-7-11-20)14-22(23)24(29-25)26-16-19-8-4-2-5-9-19/h12-15,17,19-20H,2-11,16H2,1H3,(H,26,28,29). The number of aryl methyl sites for hydroxylation is 1. The molecule has 5 rings (SSSR count). The first-order valence-electron chi connectivity index (χ1n) is 11.8. The van der Waals surface area contributed by atoms with Gasteiger partial charge in [-0.1, -0.05) is 44.6 Å². The zero-order valence-corrected chi connectivity index (χ0v) is 18.1. The van der Waals surface area contributed by atoms with Gasteiger partial charge in [0.15, 0.2) is 0 Å². The maximum atomic E-state index is 4.93. The minimum Gasteiger partial charge on any atom is -0.369 e. The van der Waals surface area contributed by atoms with Crippen molar-refractivity contribution in [2.45, 2.75) is 77.0 Å². The van der Waals surface area contributed by atoms with Crippen molar-refractivity contribution in [1.29, 1.82) is 0 Å². The quantitative estimate of drug-likeness (QED) is 0.554. The lowest BCUT2D eigenvalue weighted by Gasteiger charge is -2.24. The molecule has 2 aliphatic carbocycles. The molecule has 0 atom stereocenters. The van der Waals surface area contributed by atoms with Gasteiger partial charge in [-0.15, -0.1) is 0 Å². The van der Waals surface area contributed by atoms with Crippen molar-refractivity contribution in [3.05, 3.63) is 41.7 Å². The van der Waals surface area contributed by atoms with Crippen LogP contribution in [-0.4, -0.2) is 26.3 Å². The number of benzene rings is 1. The van der Waals surface area contributed by atoms with Gasteiger partial charge in [0.25, 0.3) is 5.95 Å². The summed E-state index contributed by atoms with van der Waals surface area (Å²) < 4.78 is 1.79. The van der Waals surface area contributed by atoms with Crippen molar-refractivity contribution < 1.29 is 0 Å². The summed E-state index contributed by atoms with van der Waals surface area (Å²) >= 11 is 0. The average molecular weight is 404 g/mol. The first-order chi connectivity index (χ1) is 14.8. The number of rotatable bonds is 5. The fraction of sp³-hybridized carbons (Fsp3) is 0.560. The highest BCUT2D eigenvalue weighted by atomic mass is 15.3. The van der Waals surface area contributed by atoms with E-state index in [1.54, 1.807) is 4.68 Å². The Kier molecular flexibility index (Phi) is 5.69. The third-order valence-corrected chi connectivity index (χ3v) is 6.98. The zero-order valence-electron chi connectivity index (χ0n) is 18.1. The molecule has 2 aromatic heterocycles. The van der Waals surface area contributed by atoms with E-state index in [-0.39, 0.29) is 0 Å². The first-order valence-corrected chi connectivity index (χ1v) is 11.8. The smallest absolute Gasteiger partial charge is 0.253 e. The van der Waals surface area contributed by atoms with Gasteiger partial charge in [-0.05, 0) is 67.7 Å². The van der Waals surface area contributed by atoms with Crippen LogP contribution >= 0.6 is 0 Å². The molecule has 1 N–H and O–H groups in total.